The smallest absolute Gasteiger partial charge is 0.371 e. The molecule has 0 atom stereocenters. The Morgan fingerprint density at radius 3 is 2.73 bits per heavy atom. The Morgan fingerprint density at radius 2 is 2.36 bits per heavy atom. The summed E-state index contributed by atoms with van der Waals surface area (Å²) in [5.74, 6) is -0.767. The van der Waals surface area contributed by atoms with Gasteiger partial charge in [-0.05, 0) is 6.92 Å². The highest BCUT2D eigenvalue weighted by atomic mass is 16.6. The van der Waals surface area contributed by atoms with Gasteiger partial charge in [0.15, 0.2) is 0 Å². The van der Waals surface area contributed by atoms with Crippen molar-refractivity contribution in [1.82, 2.24) is 0 Å². The molecule has 0 rings (SSSR count). The van der Waals surface area contributed by atoms with Crippen LogP contribution >= 0.6 is 0 Å². The zero-order chi connectivity index (χ0) is 8.69. The number of ether oxygens (including phenoxy) is 1. The van der Waals surface area contributed by atoms with Gasteiger partial charge in [-0.1, -0.05) is 5.16 Å². The molecule has 0 aliphatic rings. The Morgan fingerprint density at radius 1 is 1.73 bits per heavy atom. The van der Waals surface area contributed by atoms with Crippen LogP contribution in [0.4, 0.5) is 0 Å². The third-order valence-electron chi connectivity index (χ3n) is 0.757. The Labute approximate surface area is 64.2 Å². The summed E-state index contributed by atoms with van der Waals surface area (Å²) in [7, 11) is 1.25. The van der Waals surface area contributed by atoms with Gasteiger partial charge in [0.05, 0.1) is 6.61 Å². The summed E-state index contributed by atoms with van der Waals surface area (Å²) >= 11 is 0. The molecule has 60 valence electrons. The van der Waals surface area contributed by atoms with Gasteiger partial charge in [0.2, 0.25) is 0 Å². The Bertz CT molecular complexity index is 204. The number of esters is 1. The Kier molecular flexibility index (Phi) is 4.49. The zero-order valence-electron chi connectivity index (χ0n) is 6.33. The van der Waals surface area contributed by atoms with E-state index in [-0.39, 0.29) is 12.3 Å². The second-order valence-corrected chi connectivity index (χ2v) is 1.45. The van der Waals surface area contributed by atoms with E-state index < -0.39 is 5.97 Å². The molecule has 0 aromatic carbocycles. The van der Waals surface area contributed by atoms with Crippen molar-refractivity contribution in [2.24, 2.45) is 5.16 Å². The molecule has 0 N–H and O–H groups in total. The summed E-state index contributed by atoms with van der Waals surface area (Å²) in [5.41, 5.74) is -0.380. The van der Waals surface area contributed by atoms with Crippen LogP contribution in [0, 0.1) is 11.3 Å². The highest BCUT2D eigenvalue weighted by Gasteiger charge is 2.11. The van der Waals surface area contributed by atoms with Crippen LogP contribution in [0.3, 0.4) is 0 Å². The van der Waals surface area contributed by atoms with Crippen LogP contribution in [0.1, 0.15) is 6.92 Å². The third kappa shape index (κ3) is 3.20. The quantitative estimate of drug-likeness (QED) is 0.329. The first-order chi connectivity index (χ1) is 5.26. The molecule has 0 unspecified atom stereocenters. The van der Waals surface area contributed by atoms with Gasteiger partial charge in [-0.25, -0.2) is 4.79 Å². The molecular formula is C6H8N2O3. The first-order valence-electron chi connectivity index (χ1n) is 2.94. The van der Waals surface area contributed by atoms with E-state index in [9.17, 15) is 4.79 Å². The van der Waals surface area contributed by atoms with Gasteiger partial charge in [-0.15, -0.1) is 0 Å². The molecule has 0 aliphatic carbocycles. The van der Waals surface area contributed by atoms with E-state index in [4.69, 9.17) is 5.26 Å². The molecule has 0 saturated heterocycles. The average Bonchev–Trinajstić information content (AvgIpc) is 2.00. The molecule has 0 aromatic heterocycles. The van der Waals surface area contributed by atoms with E-state index in [1.165, 1.54) is 13.2 Å². The number of rotatable bonds is 3. The first-order valence-corrected chi connectivity index (χ1v) is 2.94. The zero-order valence-corrected chi connectivity index (χ0v) is 6.33. The second-order valence-electron chi connectivity index (χ2n) is 1.45. The van der Waals surface area contributed by atoms with E-state index in [2.05, 4.69) is 14.7 Å². The van der Waals surface area contributed by atoms with Gasteiger partial charge in [-0.3, -0.25) is 0 Å². The third-order valence-corrected chi connectivity index (χ3v) is 0.757. The highest BCUT2D eigenvalue weighted by Crippen LogP contribution is 1.84. The van der Waals surface area contributed by atoms with E-state index in [1.54, 1.807) is 6.92 Å². The van der Waals surface area contributed by atoms with Crippen LogP contribution in [-0.2, 0) is 14.4 Å². The minimum Gasteiger partial charge on any atom is -0.461 e. The molecular weight excluding hydrogens is 148 g/mol. The van der Waals surface area contributed by atoms with Gasteiger partial charge in [0.25, 0.3) is 5.71 Å². The first kappa shape index (κ1) is 9.43. The van der Waals surface area contributed by atoms with Crippen molar-refractivity contribution in [3.05, 3.63) is 0 Å². The fourth-order valence-electron chi connectivity index (χ4n) is 0.394. The minimum absolute atomic E-state index is 0.212. The molecule has 0 saturated carbocycles. The summed E-state index contributed by atoms with van der Waals surface area (Å²) in [5, 5.41) is 11.4. The number of carbonyl (C=O) groups is 1. The van der Waals surface area contributed by atoms with Crippen LogP contribution in [0.5, 0.6) is 0 Å². The number of hydrogen-bond donors (Lipinski definition) is 0. The van der Waals surface area contributed by atoms with E-state index in [1.807, 2.05) is 0 Å². The van der Waals surface area contributed by atoms with Crippen molar-refractivity contribution in [1.29, 1.82) is 5.26 Å². The second kappa shape index (κ2) is 5.23. The predicted molar refractivity (Wildman–Crippen MR) is 36.7 cm³/mol. The molecule has 5 heteroatoms. The lowest BCUT2D eigenvalue weighted by molar-refractivity contribution is -0.135. The number of carbonyl (C=O) groups excluding carboxylic acids is 1. The van der Waals surface area contributed by atoms with Crippen molar-refractivity contribution >= 4 is 11.7 Å². The van der Waals surface area contributed by atoms with Crippen LogP contribution in [-0.4, -0.2) is 25.4 Å². The lowest BCUT2D eigenvalue weighted by Crippen LogP contribution is -2.15. The monoisotopic (exact) mass is 156 g/mol. The maximum absolute atomic E-state index is 10.7. The topological polar surface area (TPSA) is 71.7 Å². The summed E-state index contributed by atoms with van der Waals surface area (Å²) < 4.78 is 4.48. The Hall–Kier alpha value is -1.57. The normalized spacial score (nSPS) is 10.1. The van der Waals surface area contributed by atoms with Crippen LogP contribution in [0.15, 0.2) is 5.16 Å². The maximum Gasteiger partial charge on any atom is 0.371 e. The standard InChI is InChI=1S/C6H8N2O3/c1-3-11-6(9)5(4-7)8-10-2/h3H2,1-2H3/b8-5-. The van der Waals surface area contributed by atoms with Crippen LogP contribution < -0.4 is 0 Å². The Balaban J connectivity index is 4.18. The van der Waals surface area contributed by atoms with Gasteiger partial charge in [-0.2, -0.15) is 5.26 Å². The lowest BCUT2D eigenvalue weighted by Gasteiger charge is -1.96. The van der Waals surface area contributed by atoms with Crippen LogP contribution in [0.2, 0.25) is 0 Å². The highest BCUT2D eigenvalue weighted by molar-refractivity contribution is 6.42. The molecule has 0 amide bonds. The van der Waals surface area contributed by atoms with Crippen molar-refractivity contribution in [2.45, 2.75) is 6.92 Å². The van der Waals surface area contributed by atoms with Gasteiger partial charge in [0.1, 0.15) is 13.2 Å². The minimum atomic E-state index is -0.767. The maximum atomic E-state index is 10.7. The molecule has 0 heterocycles. The number of hydrogen-bond acceptors (Lipinski definition) is 5. The number of nitriles is 1. The fraction of sp³-hybridized carbons (Fsp3) is 0.500. The molecule has 0 fully saturated rings. The number of oxime groups is 1. The van der Waals surface area contributed by atoms with Crippen molar-refractivity contribution in [3.63, 3.8) is 0 Å². The fourth-order valence-corrected chi connectivity index (χ4v) is 0.394. The summed E-state index contributed by atoms with van der Waals surface area (Å²) in [6.07, 6.45) is 0. The average molecular weight is 156 g/mol. The molecule has 11 heavy (non-hydrogen) atoms. The van der Waals surface area contributed by atoms with Crippen molar-refractivity contribution in [2.75, 3.05) is 13.7 Å². The number of nitrogens with zero attached hydrogens (tertiary/aromatic N) is 2. The van der Waals surface area contributed by atoms with E-state index in [0.717, 1.165) is 0 Å². The molecule has 0 spiro atoms. The molecule has 0 bridgehead atoms. The van der Waals surface area contributed by atoms with E-state index >= 15 is 0 Å². The SMILES string of the molecule is CCOC(=O)/C(C#N)=N\OC. The summed E-state index contributed by atoms with van der Waals surface area (Å²) in [4.78, 5) is 14.9. The van der Waals surface area contributed by atoms with Gasteiger partial charge < -0.3 is 9.57 Å². The lowest BCUT2D eigenvalue weighted by atomic mass is 10.4. The van der Waals surface area contributed by atoms with Gasteiger partial charge >= 0.3 is 5.97 Å². The largest absolute Gasteiger partial charge is 0.461 e. The molecule has 0 aliphatic heterocycles. The summed E-state index contributed by atoms with van der Waals surface area (Å²) in [6.45, 7) is 1.85. The van der Waals surface area contributed by atoms with Crippen molar-refractivity contribution < 1.29 is 14.4 Å². The molecule has 5 nitrogen and oxygen atoms in total. The van der Waals surface area contributed by atoms with Gasteiger partial charge in [0, 0.05) is 0 Å². The van der Waals surface area contributed by atoms with Crippen LogP contribution in [0.25, 0.3) is 0 Å². The summed E-state index contributed by atoms with van der Waals surface area (Å²) in [6, 6.07) is 1.54. The van der Waals surface area contributed by atoms with E-state index in [0.29, 0.717) is 0 Å². The van der Waals surface area contributed by atoms with Crippen molar-refractivity contribution in [3.8, 4) is 6.07 Å². The molecule has 0 aromatic rings. The predicted octanol–water partition coefficient (Wildman–Crippen LogP) is 0.0755. The molecule has 0 radical (unpaired) electrons.